The van der Waals surface area contributed by atoms with Crippen molar-refractivity contribution in [2.45, 2.75) is 38.6 Å². The highest BCUT2D eigenvalue weighted by atomic mass is 19.4. The normalized spacial score (nSPS) is 18.4. The molecule has 34 heavy (non-hydrogen) atoms. The number of ketones is 1. The van der Waals surface area contributed by atoms with Crippen LogP contribution in [0.1, 0.15) is 41.8 Å². The number of nitrogens with zero attached hydrogens (tertiary/aromatic N) is 2. The van der Waals surface area contributed by atoms with Gasteiger partial charge in [-0.3, -0.25) is 9.69 Å². The molecular formula is C27H27F3N2O2. The van der Waals surface area contributed by atoms with Crippen LogP contribution in [0.4, 0.5) is 18.9 Å². The first-order valence-corrected chi connectivity index (χ1v) is 11.6. The molecule has 2 aliphatic rings. The van der Waals surface area contributed by atoms with Crippen molar-refractivity contribution in [3.8, 4) is 5.75 Å². The fourth-order valence-corrected chi connectivity index (χ4v) is 5.26. The number of carbonyl (C=O) groups is 1. The zero-order valence-electron chi connectivity index (χ0n) is 19.3. The number of anilines is 1. The van der Waals surface area contributed by atoms with Crippen LogP contribution in [-0.2, 0) is 12.0 Å². The lowest BCUT2D eigenvalue weighted by Gasteiger charge is -2.26. The van der Waals surface area contributed by atoms with Crippen LogP contribution in [-0.4, -0.2) is 43.2 Å². The number of rotatable bonds is 4. The zero-order chi connectivity index (χ0) is 24.1. The molecule has 1 heterocycles. The van der Waals surface area contributed by atoms with E-state index in [1.807, 2.05) is 26.0 Å². The molecule has 0 aromatic heterocycles. The van der Waals surface area contributed by atoms with Crippen LogP contribution in [0.15, 0.2) is 54.6 Å². The van der Waals surface area contributed by atoms with Gasteiger partial charge in [0.15, 0.2) is 5.78 Å². The van der Waals surface area contributed by atoms with Gasteiger partial charge in [0, 0.05) is 49.4 Å². The van der Waals surface area contributed by atoms with Crippen LogP contribution in [0.25, 0.3) is 10.8 Å². The molecule has 0 amide bonds. The predicted octanol–water partition coefficient (Wildman–Crippen LogP) is 5.92. The molecule has 0 atom stereocenters. The monoisotopic (exact) mass is 468 g/mol. The minimum Gasteiger partial charge on any atom is -0.406 e. The van der Waals surface area contributed by atoms with Crippen molar-refractivity contribution in [3.05, 3.63) is 71.3 Å². The Labute approximate surface area is 196 Å². The molecule has 0 unspecified atom stereocenters. The molecule has 0 radical (unpaired) electrons. The van der Waals surface area contributed by atoms with Crippen molar-refractivity contribution in [3.63, 3.8) is 0 Å². The Balaban J connectivity index is 1.32. The van der Waals surface area contributed by atoms with Gasteiger partial charge < -0.3 is 9.64 Å². The maximum Gasteiger partial charge on any atom is 0.573 e. The number of Topliss-reactive ketones (excluding diaryl/α,β-unsaturated/α-hetero) is 1. The molecular weight excluding hydrogens is 441 g/mol. The molecule has 3 aromatic carbocycles. The van der Waals surface area contributed by atoms with E-state index in [1.54, 1.807) is 12.1 Å². The molecule has 4 nitrogen and oxygen atoms in total. The number of benzene rings is 3. The van der Waals surface area contributed by atoms with Gasteiger partial charge in [-0.15, -0.1) is 13.2 Å². The lowest BCUT2D eigenvalue weighted by molar-refractivity contribution is -0.274. The van der Waals surface area contributed by atoms with Gasteiger partial charge in [0.2, 0.25) is 0 Å². The average Bonchev–Trinajstić information content (AvgIpc) is 2.93. The molecule has 0 bridgehead atoms. The van der Waals surface area contributed by atoms with Crippen LogP contribution < -0.4 is 9.64 Å². The van der Waals surface area contributed by atoms with E-state index < -0.39 is 11.8 Å². The first kappa shape index (κ1) is 22.7. The molecule has 1 aliphatic carbocycles. The summed E-state index contributed by atoms with van der Waals surface area (Å²) in [6, 6.07) is 16.4. The quantitative estimate of drug-likeness (QED) is 0.476. The molecule has 3 aromatic rings. The minimum atomic E-state index is -4.68. The third-order valence-electron chi connectivity index (χ3n) is 7.00. The van der Waals surface area contributed by atoms with Crippen molar-refractivity contribution >= 4 is 22.2 Å². The largest absolute Gasteiger partial charge is 0.573 e. The molecule has 1 fully saturated rings. The number of carbonyl (C=O) groups excluding carboxylic acids is 1. The number of hydrogen-bond donors (Lipinski definition) is 0. The number of halogens is 3. The average molecular weight is 469 g/mol. The molecule has 0 spiro atoms. The topological polar surface area (TPSA) is 32.8 Å². The van der Waals surface area contributed by atoms with Gasteiger partial charge in [-0.05, 0) is 55.0 Å². The third-order valence-corrected chi connectivity index (χ3v) is 7.00. The first-order chi connectivity index (χ1) is 16.1. The van der Waals surface area contributed by atoms with E-state index in [0.29, 0.717) is 6.54 Å². The summed E-state index contributed by atoms with van der Waals surface area (Å²) < 4.78 is 41.1. The molecule has 178 valence electrons. The zero-order valence-corrected chi connectivity index (χ0v) is 19.3. The van der Waals surface area contributed by atoms with Crippen LogP contribution in [0.5, 0.6) is 5.75 Å². The summed E-state index contributed by atoms with van der Waals surface area (Å²) in [5.74, 6) is -0.0223. The summed E-state index contributed by atoms with van der Waals surface area (Å²) in [5, 5.41) is 2.21. The molecule has 5 rings (SSSR count). The van der Waals surface area contributed by atoms with E-state index in [9.17, 15) is 18.0 Å². The first-order valence-electron chi connectivity index (χ1n) is 11.6. The Morgan fingerprint density at radius 1 is 0.941 bits per heavy atom. The van der Waals surface area contributed by atoms with E-state index in [-0.39, 0.29) is 11.5 Å². The maximum atomic E-state index is 13.0. The number of hydrogen-bond acceptors (Lipinski definition) is 4. The van der Waals surface area contributed by atoms with Crippen LogP contribution in [0.3, 0.4) is 0 Å². The summed E-state index contributed by atoms with van der Waals surface area (Å²) in [6.07, 6.45) is -3.70. The van der Waals surface area contributed by atoms with Gasteiger partial charge in [-0.1, -0.05) is 36.4 Å². The summed E-state index contributed by atoms with van der Waals surface area (Å²) in [4.78, 5) is 17.7. The third kappa shape index (κ3) is 4.13. The lowest BCUT2D eigenvalue weighted by Crippen LogP contribution is -2.30. The Morgan fingerprint density at radius 3 is 2.44 bits per heavy atom. The highest BCUT2D eigenvalue weighted by molar-refractivity contribution is 6.21. The highest BCUT2D eigenvalue weighted by Crippen LogP contribution is 2.45. The second-order valence-corrected chi connectivity index (χ2v) is 9.62. The molecule has 1 aliphatic heterocycles. The molecule has 0 N–H and O–H groups in total. The summed E-state index contributed by atoms with van der Waals surface area (Å²) in [7, 11) is 0. The van der Waals surface area contributed by atoms with E-state index in [2.05, 4.69) is 32.7 Å². The fourth-order valence-electron chi connectivity index (χ4n) is 5.26. The Kier molecular flexibility index (Phi) is 5.55. The summed E-state index contributed by atoms with van der Waals surface area (Å²) in [5.41, 5.74) is 3.52. The van der Waals surface area contributed by atoms with Crippen molar-refractivity contribution in [2.24, 2.45) is 0 Å². The van der Waals surface area contributed by atoms with E-state index in [0.717, 1.165) is 65.8 Å². The van der Waals surface area contributed by atoms with Gasteiger partial charge in [0.25, 0.3) is 0 Å². The Morgan fingerprint density at radius 2 is 1.71 bits per heavy atom. The number of alkyl halides is 3. The van der Waals surface area contributed by atoms with Crippen molar-refractivity contribution < 1.29 is 22.7 Å². The molecule has 0 saturated carbocycles. The van der Waals surface area contributed by atoms with Gasteiger partial charge in [-0.25, -0.2) is 0 Å². The van der Waals surface area contributed by atoms with E-state index in [4.69, 9.17) is 0 Å². The van der Waals surface area contributed by atoms with Crippen LogP contribution in [0, 0.1) is 0 Å². The molecule has 1 saturated heterocycles. The van der Waals surface area contributed by atoms with Crippen LogP contribution in [0.2, 0.25) is 0 Å². The standard InChI is InChI=1S/C27H27F3N2O2/c1-26(2)22-11-12-23(20-5-3-6-21(24(20)22)25(26)33)32-14-4-13-31(15-16-32)17-18-7-9-19(10-8-18)34-27(28,29)30/h3,5-12H,4,13-17H2,1-2H3. The molecule has 7 heteroatoms. The van der Waals surface area contributed by atoms with Gasteiger partial charge in [0.05, 0.1) is 5.41 Å². The smallest absolute Gasteiger partial charge is 0.406 e. The maximum absolute atomic E-state index is 13.0. The fraction of sp³-hybridized carbons (Fsp3) is 0.370. The van der Waals surface area contributed by atoms with Gasteiger partial charge in [0.1, 0.15) is 5.75 Å². The van der Waals surface area contributed by atoms with Crippen molar-refractivity contribution in [1.82, 2.24) is 4.90 Å². The second kappa shape index (κ2) is 8.31. The SMILES string of the molecule is CC1(C)C(=O)c2cccc3c(N4CCCN(Cc5ccc(OC(F)(F)F)cc5)CC4)ccc1c23. The van der Waals surface area contributed by atoms with Crippen LogP contribution >= 0.6 is 0 Å². The minimum absolute atomic E-state index is 0.180. The van der Waals surface area contributed by atoms with E-state index >= 15 is 0 Å². The summed E-state index contributed by atoms with van der Waals surface area (Å²) >= 11 is 0. The van der Waals surface area contributed by atoms with E-state index in [1.165, 1.54) is 12.1 Å². The second-order valence-electron chi connectivity index (χ2n) is 9.62. The Hall–Kier alpha value is -3.06. The van der Waals surface area contributed by atoms with Crippen molar-refractivity contribution in [2.75, 3.05) is 31.1 Å². The van der Waals surface area contributed by atoms with Gasteiger partial charge >= 0.3 is 6.36 Å². The lowest BCUT2D eigenvalue weighted by atomic mass is 9.84. The summed E-state index contributed by atoms with van der Waals surface area (Å²) in [6.45, 7) is 8.16. The predicted molar refractivity (Wildman–Crippen MR) is 127 cm³/mol. The number of ether oxygens (including phenoxy) is 1. The van der Waals surface area contributed by atoms with Crippen molar-refractivity contribution in [1.29, 1.82) is 0 Å². The highest BCUT2D eigenvalue weighted by Gasteiger charge is 2.40. The Bertz CT molecular complexity index is 1240. The van der Waals surface area contributed by atoms with Gasteiger partial charge in [-0.2, -0.15) is 0 Å².